The molecule has 0 spiro atoms. The Balaban J connectivity index is 4.57. The number of aliphatic hydroxyl groups is 1. The molecule has 0 aliphatic rings. The highest BCUT2D eigenvalue weighted by Crippen LogP contribution is 2.40. The van der Waals surface area contributed by atoms with Gasteiger partial charge in [-0.1, -0.05) is 45.8 Å². The molecule has 0 heterocycles. The highest BCUT2D eigenvalue weighted by Gasteiger charge is 2.30. The van der Waals surface area contributed by atoms with Crippen LogP contribution in [0, 0.1) is 10.8 Å². The first kappa shape index (κ1) is 14.7. The lowest BCUT2D eigenvalue weighted by molar-refractivity contribution is 0.0923. The first-order valence-corrected chi connectivity index (χ1v) is 6.01. The third kappa shape index (κ3) is 5.36. The van der Waals surface area contributed by atoms with Crippen LogP contribution in [-0.2, 0) is 0 Å². The lowest BCUT2D eigenvalue weighted by Gasteiger charge is -2.36. The summed E-state index contributed by atoms with van der Waals surface area (Å²) in [6.07, 6.45) is 5.59. The van der Waals surface area contributed by atoms with E-state index in [2.05, 4.69) is 47.6 Å². The summed E-state index contributed by atoms with van der Waals surface area (Å²) < 4.78 is 0. The van der Waals surface area contributed by atoms with Crippen molar-refractivity contribution in [3.63, 3.8) is 0 Å². The van der Waals surface area contributed by atoms with Crippen LogP contribution in [0.5, 0.6) is 0 Å². The quantitative estimate of drug-likeness (QED) is 0.655. The molecule has 0 bridgehead atoms. The van der Waals surface area contributed by atoms with Gasteiger partial charge in [-0.15, -0.1) is 0 Å². The molecule has 0 aromatic rings. The Hall–Kier alpha value is -0.300. The monoisotopic (exact) mass is 212 g/mol. The summed E-state index contributed by atoms with van der Waals surface area (Å²) in [7, 11) is 0. The predicted octanol–water partition coefficient (Wildman–Crippen LogP) is 4.17. The summed E-state index contributed by atoms with van der Waals surface area (Å²) in [4.78, 5) is 0. The lowest BCUT2D eigenvalue weighted by atomic mass is 9.70. The van der Waals surface area contributed by atoms with Crippen LogP contribution in [0.1, 0.15) is 60.8 Å². The van der Waals surface area contributed by atoms with Gasteiger partial charge in [0.05, 0.1) is 0 Å². The molecule has 0 saturated carbocycles. The summed E-state index contributed by atoms with van der Waals surface area (Å²) in [5.74, 6) is 0. The molecule has 0 aromatic carbocycles. The van der Waals surface area contributed by atoms with Crippen LogP contribution in [0.25, 0.3) is 0 Å². The number of hydrogen-bond donors (Lipinski definition) is 1. The van der Waals surface area contributed by atoms with Gasteiger partial charge in [0, 0.05) is 6.61 Å². The van der Waals surface area contributed by atoms with Gasteiger partial charge in [-0.05, 0) is 37.5 Å². The van der Waals surface area contributed by atoms with Gasteiger partial charge in [-0.25, -0.2) is 0 Å². The standard InChI is InChI=1S/C14H28O/c1-7-12(3)9-14(6,8-2)10-13(4,5)11-15/h7,15H,8-11H2,1-6H3. The van der Waals surface area contributed by atoms with Crippen molar-refractivity contribution in [2.75, 3.05) is 6.61 Å². The van der Waals surface area contributed by atoms with Crippen molar-refractivity contribution >= 4 is 0 Å². The van der Waals surface area contributed by atoms with Crippen LogP contribution >= 0.6 is 0 Å². The van der Waals surface area contributed by atoms with E-state index < -0.39 is 0 Å². The van der Waals surface area contributed by atoms with Gasteiger partial charge in [0.25, 0.3) is 0 Å². The maximum Gasteiger partial charge on any atom is 0.0482 e. The molecule has 0 saturated heterocycles. The molecule has 15 heavy (non-hydrogen) atoms. The SMILES string of the molecule is CC=C(C)CC(C)(CC)CC(C)(C)CO. The minimum absolute atomic E-state index is 0.0405. The maximum absolute atomic E-state index is 9.33. The Morgan fingerprint density at radius 2 is 1.80 bits per heavy atom. The van der Waals surface area contributed by atoms with Crippen molar-refractivity contribution in [1.82, 2.24) is 0 Å². The summed E-state index contributed by atoms with van der Waals surface area (Å²) >= 11 is 0. The first-order chi connectivity index (χ1) is 6.78. The minimum atomic E-state index is 0.0405. The average Bonchev–Trinajstić information content (AvgIpc) is 2.17. The molecule has 0 aliphatic heterocycles. The van der Waals surface area contributed by atoms with Gasteiger partial charge in [-0.2, -0.15) is 0 Å². The number of rotatable bonds is 6. The maximum atomic E-state index is 9.33. The second-order valence-corrected chi connectivity index (χ2v) is 5.98. The van der Waals surface area contributed by atoms with Crippen LogP contribution < -0.4 is 0 Å². The summed E-state index contributed by atoms with van der Waals surface area (Å²) in [6, 6.07) is 0. The number of aliphatic hydroxyl groups excluding tert-OH is 1. The van der Waals surface area contributed by atoms with E-state index in [1.54, 1.807) is 0 Å². The molecule has 0 aliphatic carbocycles. The fourth-order valence-electron chi connectivity index (χ4n) is 2.30. The van der Waals surface area contributed by atoms with Crippen molar-refractivity contribution in [3.05, 3.63) is 11.6 Å². The lowest BCUT2D eigenvalue weighted by Crippen LogP contribution is -2.28. The largest absolute Gasteiger partial charge is 0.396 e. The first-order valence-electron chi connectivity index (χ1n) is 6.01. The van der Waals surface area contributed by atoms with Gasteiger partial charge in [-0.3, -0.25) is 0 Å². The topological polar surface area (TPSA) is 20.2 Å². The van der Waals surface area contributed by atoms with Crippen molar-refractivity contribution in [3.8, 4) is 0 Å². The van der Waals surface area contributed by atoms with Gasteiger partial charge >= 0.3 is 0 Å². The second kappa shape index (κ2) is 5.69. The van der Waals surface area contributed by atoms with Gasteiger partial charge in [0.2, 0.25) is 0 Å². The van der Waals surface area contributed by atoms with Gasteiger partial charge in [0.1, 0.15) is 0 Å². The third-order valence-electron chi connectivity index (χ3n) is 3.39. The van der Waals surface area contributed by atoms with E-state index in [1.807, 2.05) is 0 Å². The third-order valence-corrected chi connectivity index (χ3v) is 3.39. The molecule has 0 rings (SSSR count). The number of hydrogen-bond acceptors (Lipinski definition) is 1. The van der Waals surface area contributed by atoms with Crippen LogP contribution in [0.2, 0.25) is 0 Å². The molecule has 1 N–H and O–H groups in total. The van der Waals surface area contributed by atoms with E-state index in [-0.39, 0.29) is 12.0 Å². The molecule has 1 heteroatoms. The van der Waals surface area contributed by atoms with Crippen molar-refractivity contribution < 1.29 is 5.11 Å². The highest BCUT2D eigenvalue weighted by molar-refractivity contribution is 5.01. The number of allylic oxidation sites excluding steroid dienone is 2. The van der Waals surface area contributed by atoms with Crippen molar-refractivity contribution in [2.24, 2.45) is 10.8 Å². The minimum Gasteiger partial charge on any atom is -0.396 e. The zero-order chi connectivity index (χ0) is 12.1. The highest BCUT2D eigenvalue weighted by atomic mass is 16.3. The van der Waals surface area contributed by atoms with Crippen molar-refractivity contribution in [2.45, 2.75) is 60.8 Å². The Morgan fingerprint density at radius 3 is 2.13 bits per heavy atom. The van der Waals surface area contributed by atoms with E-state index >= 15 is 0 Å². The molecule has 0 fully saturated rings. The van der Waals surface area contributed by atoms with Crippen LogP contribution in [0.4, 0.5) is 0 Å². The Kier molecular flexibility index (Phi) is 5.58. The molecule has 1 nitrogen and oxygen atoms in total. The molecular formula is C14H28O. The summed E-state index contributed by atoms with van der Waals surface area (Å²) in [5.41, 5.74) is 1.81. The average molecular weight is 212 g/mol. The summed E-state index contributed by atoms with van der Waals surface area (Å²) in [5, 5.41) is 9.33. The van der Waals surface area contributed by atoms with Crippen LogP contribution in [-0.4, -0.2) is 11.7 Å². The Morgan fingerprint density at radius 1 is 1.27 bits per heavy atom. The summed E-state index contributed by atoms with van der Waals surface area (Å²) in [6.45, 7) is 13.4. The molecule has 0 aromatic heterocycles. The molecule has 90 valence electrons. The predicted molar refractivity (Wildman–Crippen MR) is 67.9 cm³/mol. The Bertz CT molecular complexity index is 215. The molecular weight excluding hydrogens is 184 g/mol. The van der Waals surface area contributed by atoms with E-state index in [1.165, 1.54) is 12.0 Å². The van der Waals surface area contributed by atoms with E-state index in [0.29, 0.717) is 5.41 Å². The normalized spacial score (nSPS) is 17.7. The zero-order valence-corrected chi connectivity index (χ0v) is 11.4. The van der Waals surface area contributed by atoms with E-state index in [0.717, 1.165) is 12.8 Å². The molecule has 0 amide bonds. The fourth-order valence-corrected chi connectivity index (χ4v) is 2.30. The van der Waals surface area contributed by atoms with Gasteiger partial charge in [0.15, 0.2) is 0 Å². The molecule has 0 radical (unpaired) electrons. The molecule has 1 atom stereocenters. The van der Waals surface area contributed by atoms with E-state index in [9.17, 15) is 5.11 Å². The zero-order valence-electron chi connectivity index (χ0n) is 11.4. The van der Waals surface area contributed by atoms with Gasteiger partial charge < -0.3 is 5.11 Å². The van der Waals surface area contributed by atoms with Crippen LogP contribution in [0.3, 0.4) is 0 Å². The fraction of sp³-hybridized carbons (Fsp3) is 0.857. The van der Waals surface area contributed by atoms with Crippen molar-refractivity contribution in [1.29, 1.82) is 0 Å². The smallest absolute Gasteiger partial charge is 0.0482 e. The second-order valence-electron chi connectivity index (χ2n) is 5.98. The van der Waals surface area contributed by atoms with E-state index in [4.69, 9.17) is 0 Å². The van der Waals surface area contributed by atoms with Crippen LogP contribution in [0.15, 0.2) is 11.6 Å². The Labute approximate surface area is 95.6 Å². The molecule has 1 unspecified atom stereocenters.